The Balaban J connectivity index is 1.59. The molecule has 24 heavy (non-hydrogen) atoms. The van der Waals surface area contributed by atoms with E-state index >= 15 is 0 Å². The maximum atomic E-state index is 13.3. The van der Waals surface area contributed by atoms with E-state index in [0.29, 0.717) is 23.7 Å². The zero-order valence-corrected chi connectivity index (χ0v) is 14.0. The minimum Gasteiger partial charge on any atom is -0.355 e. The highest BCUT2D eigenvalue weighted by Gasteiger charge is 2.31. The third kappa shape index (κ3) is 3.93. The van der Waals surface area contributed by atoms with Gasteiger partial charge in [-0.3, -0.25) is 9.59 Å². The van der Waals surface area contributed by atoms with Gasteiger partial charge >= 0.3 is 0 Å². The third-order valence-electron chi connectivity index (χ3n) is 4.76. The number of carbonyl (C=O) groups is 2. The molecule has 2 aliphatic heterocycles. The summed E-state index contributed by atoms with van der Waals surface area (Å²) >= 11 is 0. The Hall–Kier alpha value is -1.95. The Morgan fingerprint density at radius 1 is 1.42 bits per heavy atom. The van der Waals surface area contributed by atoms with Crippen LogP contribution in [0.15, 0.2) is 18.2 Å². The lowest BCUT2D eigenvalue weighted by Crippen LogP contribution is -2.39. The molecule has 1 aromatic rings. The van der Waals surface area contributed by atoms with Gasteiger partial charge in [-0.1, -0.05) is 13.0 Å². The summed E-state index contributed by atoms with van der Waals surface area (Å²) in [5.74, 6) is -1.02. The molecule has 6 heteroatoms. The zero-order chi connectivity index (χ0) is 17.1. The minimum atomic E-state index is -0.548. The van der Waals surface area contributed by atoms with Crippen molar-refractivity contribution in [1.29, 1.82) is 0 Å². The van der Waals surface area contributed by atoms with Crippen molar-refractivity contribution in [2.24, 2.45) is 5.92 Å². The van der Waals surface area contributed by atoms with Crippen LogP contribution < -0.4 is 10.6 Å². The van der Waals surface area contributed by atoms with Crippen molar-refractivity contribution in [3.8, 4) is 0 Å². The maximum Gasteiger partial charge on any atom is 0.228 e. The highest BCUT2D eigenvalue weighted by molar-refractivity contribution is 6.01. The van der Waals surface area contributed by atoms with Crippen molar-refractivity contribution < 1.29 is 14.0 Å². The van der Waals surface area contributed by atoms with Gasteiger partial charge in [0.2, 0.25) is 11.8 Å². The monoisotopic (exact) mass is 333 g/mol. The van der Waals surface area contributed by atoms with Gasteiger partial charge in [0.05, 0.1) is 5.92 Å². The quantitative estimate of drug-likeness (QED) is 0.867. The van der Waals surface area contributed by atoms with Crippen LogP contribution in [0.3, 0.4) is 0 Å². The Kier molecular flexibility index (Phi) is 5.14. The average molecular weight is 333 g/mol. The lowest BCUT2D eigenvalue weighted by atomic mass is 9.89. The molecular formula is C18H24FN3O2. The lowest BCUT2D eigenvalue weighted by Gasteiger charge is -2.26. The third-order valence-corrected chi connectivity index (χ3v) is 4.76. The second kappa shape index (κ2) is 7.30. The van der Waals surface area contributed by atoms with Crippen LogP contribution in [0.25, 0.3) is 0 Å². The van der Waals surface area contributed by atoms with Crippen LogP contribution >= 0.6 is 0 Å². The average Bonchev–Trinajstić information content (AvgIpc) is 3.04. The summed E-state index contributed by atoms with van der Waals surface area (Å²) in [4.78, 5) is 26.8. The van der Waals surface area contributed by atoms with Gasteiger partial charge in [-0.2, -0.15) is 0 Å². The highest BCUT2D eigenvalue weighted by atomic mass is 19.1. The molecule has 2 aliphatic rings. The number of nitrogens with one attached hydrogen (secondary N) is 2. The van der Waals surface area contributed by atoms with E-state index in [2.05, 4.69) is 22.5 Å². The number of halogens is 1. The van der Waals surface area contributed by atoms with Crippen LogP contribution in [-0.2, 0) is 9.59 Å². The molecule has 130 valence electrons. The van der Waals surface area contributed by atoms with Gasteiger partial charge in [-0.15, -0.1) is 0 Å². The van der Waals surface area contributed by atoms with Crippen LogP contribution in [0.5, 0.6) is 0 Å². The predicted octanol–water partition coefficient (Wildman–Crippen LogP) is 2.10. The van der Waals surface area contributed by atoms with Gasteiger partial charge in [0.1, 0.15) is 5.82 Å². The summed E-state index contributed by atoms with van der Waals surface area (Å²) < 4.78 is 13.3. The molecule has 2 heterocycles. The fraction of sp³-hybridized carbons (Fsp3) is 0.556. The van der Waals surface area contributed by atoms with E-state index in [1.54, 1.807) is 6.07 Å². The maximum absolute atomic E-state index is 13.3. The first-order valence-corrected chi connectivity index (χ1v) is 8.62. The molecule has 0 spiro atoms. The fourth-order valence-electron chi connectivity index (χ4n) is 3.54. The second-order valence-corrected chi connectivity index (χ2v) is 6.89. The van der Waals surface area contributed by atoms with E-state index in [9.17, 15) is 14.0 Å². The first-order chi connectivity index (χ1) is 11.5. The molecule has 2 amide bonds. The fourth-order valence-corrected chi connectivity index (χ4v) is 3.54. The topological polar surface area (TPSA) is 61.4 Å². The van der Waals surface area contributed by atoms with Crippen LogP contribution in [0.1, 0.15) is 37.7 Å². The molecule has 0 aliphatic carbocycles. The zero-order valence-electron chi connectivity index (χ0n) is 14.0. The van der Waals surface area contributed by atoms with Crippen molar-refractivity contribution in [1.82, 2.24) is 10.2 Å². The van der Waals surface area contributed by atoms with E-state index in [0.717, 1.165) is 19.6 Å². The first kappa shape index (κ1) is 16.9. The van der Waals surface area contributed by atoms with Gasteiger partial charge in [0.25, 0.3) is 0 Å². The number of carbonyl (C=O) groups excluding carboxylic acids is 2. The Bertz CT molecular complexity index is 629. The minimum absolute atomic E-state index is 0.102. The number of benzene rings is 1. The number of hydrogen-bond acceptors (Lipinski definition) is 3. The summed E-state index contributed by atoms with van der Waals surface area (Å²) in [6.45, 7) is 5.97. The van der Waals surface area contributed by atoms with Gasteiger partial charge in [0, 0.05) is 25.2 Å². The normalized spacial score (nSPS) is 21.9. The number of rotatable bonds is 5. The lowest BCUT2D eigenvalue weighted by molar-refractivity contribution is -0.126. The molecule has 1 fully saturated rings. The first-order valence-electron chi connectivity index (χ1n) is 8.62. The largest absolute Gasteiger partial charge is 0.355 e. The number of hydrogen-bond donors (Lipinski definition) is 2. The Labute approximate surface area is 141 Å². The van der Waals surface area contributed by atoms with Gasteiger partial charge < -0.3 is 15.5 Å². The number of nitrogens with zero attached hydrogens (tertiary/aromatic N) is 1. The van der Waals surface area contributed by atoms with Crippen LogP contribution in [0.2, 0.25) is 0 Å². The molecular weight excluding hydrogens is 309 g/mol. The van der Waals surface area contributed by atoms with Gasteiger partial charge in [-0.05, 0) is 49.5 Å². The molecule has 0 saturated carbocycles. The molecule has 0 aromatic heterocycles. The molecule has 1 aromatic carbocycles. The van der Waals surface area contributed by atoms with Crippen molar-refractivity contribution in [3.63, 3.8) is 0 Å². The van der Waals surface area contributed by atoms with E-state index in [1.165, 1.54) is 25.0 Å². The molecule has 0 unspecified atom stereocenters. The summed E-state index contributed by atoms with van der Waals surface area (Å²) in [5, 5.41) is 5.60. The van der Waals surface area contributed by atoms with E-state index in [-0.39, 0.29) is 18.2 Å². The van der Waals surface area contributed by atoms with Crippen molar-refractivity contribution in [3.05, 3.63) is 29.6 Å². The van der Waals surface area contributed by atoms with Crippen molar-refractivity contribution in [2.45, 2.75) is 32.1 Å². The Morgan fingerprint density at radius 3 is 2.92 bits per heavy atom. The number of likely N-dealkylation sites (tertiary alicyclic amines) is 1. The van der Waals surface area contributed by atoms with E-state index < -0.39 is 11.7 Å². The predicted molar refractivity (Wildman–Crippen MR) is 90.2 cm³/mol. The van der Waals surface area contributed by atoms with Crippen molar-refractivity contribution in [2.75, 3.05) is 31.5 Å². The number of fused-ring (bicyclic) bond motifs is 1. The summed E-state index contributed by atoms with van der Waals surface area (Å²) in [5.41, 5.74) is 1.08. The van der Waals surface area contributed by atoms with Crippen LogP contribution in [0.4, 0.5) is 10.1 Å². The molecule has 2 N–H and O–H groups in total. The Morgan fingerprint density at radius 2 is 2.17 bits per heavy atom. The number of anilines is 1. The van der Waals surface area contributed by atoms with Gasteiger partial charge in [0.15, 0.2) is 0 Å². The van der Waals surface area contributed by atoms with Crippen LogP contribution in [0, 0.1) is 11.7 Å². The van der Waals surface area contributed by atoms with E-state index in [1.807, 2.05) is 0 Å². The van der Waals surface area contributed by atoms with Crippen LogP contribution in [-0.4, -0.2) is 42.9 Å². The molecule has 0 radical (unpaired) electrons. The van der Waals surface area contributed by atoms with Gasteiger partial charge in [-0.25, -0.2) is 4.39 Å². The second-order valence-electron chi connectivity index (χ2n) is 6.89. The molecule has 0 bridgehead atoms. The summed E-state index contributed by atoms with van der Waals surface area (Å²) in [7, 11) is 0. The van der Waals surface area contributed by atoms with Crippen molar-refractivity contribution >= 4 is 17.5 Å². The highest BCUT2D eigenvalue weighted by Crippen LogP contribution is 2.32. The standard InChI is InChI=1S/C18H24FN3O2/c1-12(11-22-6-2-3-7-22)10-20-18(24)15-9-17(23)21-16-8-13(19)4-5-14(15)16/h4-5,8,12,15H,2-3,6-7,9-11H2,1H3,(H,20,24)(H,21,23)/t12-,15-/m1/s1. The van der Waals surface area contributed by atoms with E-state index in [4.69, 9.17) is 0 Å². The summed E-state index contributed by atoms with van der Waals surface area (Å²) in [6.07, 6.45) is 2.61. The molecule has 1 saturated heterocycles. The molecule has 2 atom stereocenters. The number of amides is 2. The summed E-state index contributed by atoms with van der Waals surface area (Å²) in [6, 6.07) is 4.18. The molecule has 5 nitrogen and oxygen atoms in total. The molecule has 3 rings (SSSR count). The SMILES string of the molecule is C[C@H](CNC(=O)[C@@H]1CC(=O)Nc2cc(F)ccc21)CN1CCCC1. The smallest absolute Gasteiger partial charge is 0.228 e.